The quantitative estimate of drug-likeness (QED) is 0.436. The predicted molar refractivity (Wildman–Crippen MR) is 107 cm³/mol. The van der Waals surface area contributed by atoms with Crippen LogP contribution in [0.4, 0.5) is 10.5 Å². The van der Waals surface area contributed by atoms with Crippen LogP contribution in [0.1, 0.15) is 63.5 Å². The van der Waals surface area contributed by atoms with Gasteiger partial charge in [-0.1, -0.05) is 58.1 Å². The Labute approximate surface area is 154 Å². The summed E-state index contributed by atoms with van der Waals surface area (Å²) in [6.07, 6.45) is 10.1. The van der Waals surface area contributed by atoms with Gasteiger partial charge in [-0.2, -0.15) is 0 Å². The summed E-state index contributed by atoms with van der Waals surface area (Å²) in [7, 11) is 0. The summed E-state index contributed by atoms with van der Waals surface area (Å²) < 4.78 is 0. The van der Waals surface area contributed by atoms with E-state index in [2.05, 4.69) is 30.5 Å². The Balaban J connectivity index is 2.09. The van der Waals surface area contributed by atoms with Crippen LogP contribution in [0, 0.1) is 0 Å². The average molecular weight is 361 g/mol. The molecule has 0 radical (unpaired) electrons. The number of carbonyl (C=O) groups excluding carboxylic acids is 2. The molecule has 1 fully saturated rings. The number of carbonyl (C=O) groups is 2. The molecular weight excluding hydrogens is 332 g/mol. The number of hydrogen-bond acceptors (Lipinski definition) is 4. The molecule has 2 N–H and O–H groups in total. The first kappa shape index (κ1) is 19.6. The first-order chi connectivity index (χ1) is 12.2. The van der Waals surface area contributed by atoms with Crippen molar-refractivity contribution in [3.8, 4) is 0 Å². The number of rotatable bonds is 10. The minimum absolute atomic E-state index is 0.297. The summed E-state index contributed by atoms with van der Waals surface area (Å²) in [4.78, 5) is 23.6. The summed E-state index contributed by atoms with van der Waals surface area (Å²) in [5.41, 5.74) is 3.38. The third kappa shape index (κ3) is 5.92. The van der Waals surface area contributed by atoms with Crippen LogP contribution in [-0.4, -0.2) is 17.7 Å². The van der Waals surface area contributed by atoms with Crippen molar-refractivity contribution in [2.24, 2.45) is 0 Å². The molecule has 1 aromatic rings. The number of thioether (sulfide) groups is 1. The second-order valence-electron chi connectivity index (χ2n) is 6.32. The predicted octanol–water partition coefficient (Wildman–Crippen LogP) is 5.35. The molecule has 1 aromatic carbocycles. The van der Waals surface area contributed by atoms with Gasteiger partial charge in [0.05, 0.1) is 4.91 Å². The molecule has 1 aliphatic heterocycles. The van der Waals surface area contributed by atoms with Crippen LogP contribution in [0.2, 0.25) is 0 Å². The molecule has 4 nitrogen and oxygen atoms in total. The molecule has 0 saturated carbocycles. The molecule has 0 bridgehead atoms. The van der Waals surface area contributed by atoms with Crippen LogP contribution in [0.15, 0.2) is 23.1 Å². The molecular formula is C20H28N2O2S. The molecule has 0 aliphatic carbocycles. The van der Waals surface area contributed by atoms with Crippen molar-refractivity contribution >= 4 is 34.7 Å². The average Bonchev–Trinajstić information content (AvgIpc) is 2.90. The van der Waals surface area contributed by atoms with E-state index in [4.69, 9.17) is 0 Å². The minimum atomic E-state index is -0.299. The van der Waals surface area contributed by atoms with Crippen LogP contribution >= 0.6 is 11.8 Å². The Morgan fingerprint density at radius 3 is 2.56 bits per heavy atom. The fraction of sp³-hybridized carbons (Fsp3) is 0.500. The van der Waals surface area contributed by atoms with E-state index in [1.165, 1.54) is 37.7 Å². The number of anilines is 1. The molecule has 0 spiro atoms. The van der Waals surface area contributed by atoms with Gasteiger partial charge in [-0.15, -0.1) is 0 Å². The van der Waals surface area contributed by atoms with Gasteiger partial charge in [0.15, 0.2) is 0 Å². The standard InChI is InChI=1S/C20H28N2O2S/c1-3-5-6-7-8-13-21-17-12-9-11-15(16(17)10-4-2)14-18-19(23)22-20(24)25-18/h9,11-12,14,21H,3-8,10,13H2,1-2H3,(H,22,23,24)/b18-14-. The van der Waals surface area contributed by atoms with Crippen LogP contribution in [0.3, 0.4) is 0 Å². The maximum absolute atomic E-state index is 11.8. The fourth-order valence-corrected chi connectivity index (χ4v) is 3.62. The smallest absolute Gasteiger partial charge is 0.290 e. The lowest BCUT2D eigenvalue weighted by molar-refractivity contribution is -0.115. The Kier molecular flexibility index (Phi) is 8.06. The summed E-state index contributed by atoms with van der Waals surface area (Å²) in [5.74, 6) is -0.299. The largest absolute Gasteiger partial charge is 0.385 e. The maximum Gasteiger partial charge on any atom is 0.290 e. The lowest BCUT2D eigenvalue weighted by atomic mass is 10.00. The first-order valence-electron chi connectivity index (χ1n) is 9.26. The van der Waals surface area contributed by atoms with Crippen LogP contribution < -0.4 is 10.6 Å². The van der Waals surface area contributed by atoms with E-state index in [1.807, 2.05) is 18.2 Å². The zero-order valence-corrected chi connectivity index (χ0v) is 16.0. The van der Waals surface area contributed by atoms with E-state index in [1.54, 1.807) is 0 Å². The van der Waals surface area contributed by atoms with E-state index in [0.717, 1.165) is 42.4 Å². The molecule has 1 saturated heterocycles. The molecule has 5 heteroatoms. The molecule has 0 aromatic heterocycles. The molecule has 1 heterocycles. The lowest BCUT2D eigenvalue weighted by Crippen LogP contribution is -2.17. The third-order valence-corrected chi connectivity index (χ3v) is 5.05. The van der Waals surface area contributed by atoms with Crippen molar-refractivity contribution in [1.29, 1.82) is 0 Å². The number of amides is 2. The number of hydrogen-bond donors (Lipinski definition) is 2. The van der Waals surface area contributed by atoms with Crippen LogP contribution in [-0.2, 0) is 11.2 Å². The topological polar surface area (TPSA) is 58.2 Å². The maximum atomic E-state index is 11.8. The Bertz CT molecular complexity index is 641. The van der Waals surface area contributed by atoms with Crippen LogP contribution in [0.5, 0.6) is 0 Å². The van der Waals surface area contributed by atoms with Gasteiger partial charge in [-0.25, -0.2) is 0 Å². The number of nitrogens with one attached hydrogen (secondary N) is 2. The number of unbranched alkanes of at least 4 members (excludes halogenated alkanes) is 4. The highest BCUT2D eigenvalue weighted by Gasteiger charge is 2.25. The Morgan fingerprint density at radius 2 is 1.88 bits per heavy atom. The summed E-state index contributed by atoms with van der Waals surface area (Å²) in [6.45, 7) is 5.35. The zero-order chi connectivity index (χ0) is 18.1. The van der Waals surface area contributed by atoms with Gasteiger partial charge in [0.25, 0.3) is 11.1 Å². The highest BCUT2D eigenvalue weighted by molar-refractivity contribution is 8.18. The van der Waals surface area contributed by atoms with Crippen molar-refractivity contribution in [1.82, 2.24) is 5.32 Å². The number of imide groups is 1. The molecule has 136 valence electrons. The van der Waals surface area contributed by atoms with Gasteiger partial charge in [0.2, 0.25) is 0 Å². The molecule has 2 amide bonds. The fourth-order valence-electron chi connectivity index (χ4n) is 2.95. The lowest BCUT2D eigenvalue weighted by Gasteiger charge is -2.14. The molecule has 0 atom stereocenters. The SMILES string of the molecule is CCCCCCCNc1cccc(/C=C2\SC(=O)NC2=O)c1CCC. The second kappa shape index (κ2) is 10.3. The first-order valence-corrected chi connectivity index (χ1v) is 10.1. The number of benzene rings is 1. The van der Waals surface area contributed by atoms with Gasteiger partial charge < -0.3 is 5.32 Å². The van der Waals surface area contributed by atoms with Crippen molar-refractivity contribution < 1.29 is 9.59 Å². The molecule has 25 heavy (non-hydrogen) atoms. The summed E-state index contributed by atoms with van der Waals surface area (Å²) in [5, 5.41) is 5.57. The summed E-state index contributed by atoms with van der Waals surface area (Å²) >= 11 is 0.971. The highest BCUT2D eigenvalue weighted by Crippen LogP contribution is 2.29. The van der Waals surface area contributed by atoms with Gasteiger partial charge in [0.1, 0.15) is 0 Å². The van der Waals surface area contributed by atoms with E-state index in [0.29, 0.717) is 4.91 Å². The van der Waals surface area contributed by atoms with Crippen molar-refractivity contribution in [2.45, 2.75) is 58.8 Å². The van der Waals surface area contributed by atoms with Gasteiger partial charge in [-0.3, -0.25) is 14.9 Å². The Morgan fingerprint density at radius 1 is 1.08 bits per heavy atom. The van der Waals surface area contributed by atoms with Crippen molar-refractivity contribution in [3.63, 3.8) is 0 Å². The zero-order valence-electron chi connectivity index (χ0n) is 15.2. The monoisotopic (exact) mass is 360 g/mol. The molecule has 1 aliphatic rings. The molecule has 0 unspecified atom stereocenters. The van der Waals surface area contributed by atoms with Crippen molar-refractivity contribution in [3.05, 3.63) is 34.2 Å². The normalized spacial score (nSPS) is 15.7. The third-order valence-electron chi connectivity index (χ3n) is 4.24. The van der Waals surface area contributed by atoms with Crippen molar-refractivity contribution in [2.75, 3.05) is 11.9 Å². The van der Waals surface area contributed by atoms with Gasteiger partial charge >= 0.3 is 0 Å². The molecule has 2 rings (SSSR count). The second-order valence-corrected chi connectivity index (χ2v) is 7.33. The van der Waals surface area contributed by atoms with Crippen LogP contribution in [0.25, 0.3) is 6.08 Å². The van der Waals surface area contributed by atoms with Gasteiger partial charge in [0, 0.05) is 12.2 Å². The highest BCUT2D eigenvalue weighted by atomic mass is 32.2. The van der Waals surface area contributed by atoms with E-state index < -0.39 is 0 Å². The van der Waals surface area contributed by atoms with E-state index >= 15 is 0 Å². The summed E-state index contributed by atoms with van der Waals surface area (Å²) in [6, 6.07) is 6.12. The minimum Gasteiger partial charge on any atom is -0.385 e. The van der Waals surface area contributed by atoms with E-state index in [9.17, 15) is 9.59 Å². The van der Waals surface area contributed by atoms with Gasteiger partial charge in [-0.05, 0) is 47.9 Å². The van der Waals surface area contributed by atoms with E-state index in [-0.39, 0.29) is 11.1 Å². The Hall–Kier alpha value is -1.75.